The van der Waals surface area contributed by atoms with Crippen molar-refractivity contribution in [3.05, 3.63) is 5.82 Å². The Hall–Kier alpha value is -1.17. The number of aryl methyl sites for hydroxylation is 1. The molecule has 0 unspecified atom stereocenters. The number of amides is 1. The first-order chi connectivity index (χ1) is 7.61. The molecule has 0 saturated heterocycles. The molecule has 0 saturated carbocycles. The Morgan fingerprint density at radius 3 is 2.88 bits per heavy atom. The van der Waals surface area contributed by atoms with Crippen LogP contribution in [0.25, 0.3) is 0 Å². The maximum absolute atomic E-state index is 11.3. The van der Waals surface area contributed by atoms with Crippen LogP contribution < -0.4 is 10.6 Å². The first-order valence-electron chi connectivity index (χ1n) is 5.47. The summed E-state index contributed by atoms with van der Waals surface area (Å²) >= 11 is 1.30. The van der Waals surface area contributed by atoms with Crippen LogP contribution in [-0.4, -0.2) is 27.9 Å². The van der Waals surface area contributed by atoms with Gasteiger partial charge in [-0.2, -0.15) is 4.37 Å². The summed E-state index contributed by atoms with van der Waals surface area (Å²) in [5, 5.41) is 6.47. The van der Waals surface area contributed by atoms with E-state index < -0.39 is 0 Å². The first-order valence-corrected chi connectivity index (χ1v) is 6.25. The van der Waals surface area contributed by atoms with Gasteiger partial charge in [0.05, 0.1) is 6.54 Å². The highest BCUT2D eigenvalue weighted by atomic mass is 32.1. The topological polar surface area (TPSA) is 66.9 Å². The third-order valence-corrected chi connectivity index (χ3v) is 2.50. The number of rotatable bonds is 6. The molecule has 2 N–H and O–H groups in total. The van der Waals surface area contributed by atoms with Gasteiger partial charge in [0.25, 0.3) is 0 Å². The standard InChI is InChI=1S/C10H18N4OS/c1-4-5-8-13-10(16-14-8)11-6-9(15)12-7(2)3/h7H,4-6H2,1-3H3,(H,12,15)(H,11,13,14). The fourth-order valence-electron chi connectivity index (χ4n) is 1.18. The molecule has 0 fully saturated rings. The number of anilines is 1. The van der Waals surface area contributed by atoms with Crippen molar-refractivity contribution in [3.63, 3.8) is 0 Å². The van der Waals surface area contributed by atoms with Crippen LogP contribution in [0.5, 0.6) is 0 Å². The van der Waals surface area contributed by atoms with E-state index in [1.165, 1.54) is 11.5 Å². The smallest absolute Gasteiger partial charge is 0.239 e. The lowest BCUT2D eigenvalue weighted by Gasteiger charge is -2.07. The molecular weight excluding hydrogens is 224 g/mol. The van der Waals surface area contributed by atoms with Gasteiger partial charge in [0.1, 0.15) is 5.82 Å². The zero-order valence-electron chi connectivity index (χ0n) is 9.91. The van der Waals surface area contributed by atoms with Crippen LogP contribution in [-0.2, 0) is 11.2 Å². The van der Waals surface area contributed by atoms with Crippen molar-refractivity contribution in [1.29, 1.82) is 0 Å². The maximum Gasteiger partial charge on any atom is 0.239 e. The quantitative estimate of drug-likeness (QED) is 0.792. The Morgan fingerprint density at radius 2 is 2.25 bits per heavy atom. The molecule has 0 aliphatic rings. The summed E-state index contributed by atoms with van der Waals surface area (Å²) in [5.41, 5.74) is 0. The third kappa shape index (κ3) is 4.57. The van der Waals surface area contributed by atoms with E-state index in [2.05, 4.69) is 26.9 Å². The third-order valence-electron chi connectivity index (χ3n) is 1.79. The second-order valence-electron chi connectivity index (χ2n) is 3.84. The van der Waals surface area contributed by atoms with E-state index >= 15 is 0 Å². The minimum Gasteiger partial charge on any atom is -0.352 e. The summed E-state index contributed by atoms with van der Waals surface area (Å²) in [5.74, 6) is 0.821. The average molecular weight is 242 g/mol. The lowest BCUT2D eigenvalue weighted by Crippen LogP contribution is -2.34. The molecule has 90 valence electrons. The minimum atomic E-state index is -0.0257. The zero-order chi connectivity index (χ0) is 12.0. The molecule has 0 bridgehead atoms. The number of carbonyl (C=O) groups is 1. The molecule has 1 aromatic heterocycles. The van der Waals surface area contributed by atoms with Gasteiger partial charge in [0.2, 0.25) is 11.0 Å². The van der Waals surface area contributed by atoms with Gasteiger partial charge in [-0.05, 0) is 20.3 Å². The lowest BCUT2D eigenvalue weighted by atomic mass is 10.3. The number of hydrogen-bond donors (Lipinski definition) is 2. The molecule has 1 heterocycles. The van der Waals surface area contributed by atoms with Gasteiger partial charge in [-0.25, -0.2) is 4.98 Å². The van der Waals surface area contributed by atoms with Gasteiger partial charge >= 0.3 is 0 Å². The Bertz CT molecular complexity index is 337. The highest BCUT2D eigenvalue weighted by Crippen LogP contribution is 2.11. The van der Waals surface area contributed by atoms with Crippen LogP contribution >= 0.6 is 11.5 Å². The highest BCUT2D eigenvalue weighted by Gasteiger charge is 2.06. The number of nitrogens with zero attached hydrogens (tertiary/aromatic N) is 2. The van der Waals surface area contributed by atoms with Crippen molar-refractivity contribution < 1.29 is 4.79 Å². The zero-order valence-corrected chi connectivity index (χ0v) is 10.7. The summed E-state index contributed by atoms with van der Waals surface area (Å²) in [7, 11) is 0. The van der Waals surface area contributed by atoms with Gasteiger partial charge in [-0.15, -0.1) is 0 Å². The van der Waals surface area contributed by atoms with Gasteiger partial charge in [0.15, 0.2) is 0 Å². The Kier molecular flexibility index (Phi) is 5.18. The van der Waals surface area contributed by atoms with Gasteiger partial charge in [-0.1, -0.05) is 6.92 Å². The SMILES string of the molecule is CCCc1nsc(NCC(=O)NC(C)C)n1. The van der Waals surface area contributed by atoms with Crippen LogP contribution in [0.15, 0.2) is 0 Å². The van der Waals surface area contributed by atoms with Crippen molar-refractivity contribution in [2.45, 2.75) is 39.7 Å². The molecule has 16 heavy (non-hydrogen) atoms. The number of carbonyl (C=O) groups excluding carboxylic acids is 1. The summed E-state index contributed by atoms with van der Waals surface area (Å²) in [6.45, 7) is 6.20. The lowest BCUT2D eigenvalue weighted by molar-refractivity contribution is -0.119. The van der Waals surface area contributed by atoms with Crippen molar-refractivity contribution in [2.24, 2.45) is 0 Å². The van der Waals surface area contributed by atoms with Crippen molar-refractivity contribution in [2.75, 3.05) is 11.9 Å². The van der Waals surface area contributed by atoms with Crippen molar-refractivity contribution >= 4 is 22.6 Å². The van der Waals surface area contributed by atoms with Crippen molar-refractivity contribution in [3.8, 4) is 0 Å². The molecule has 6 heteroatoms. The molecule has 5 nitrogen and oxygen atoms in total. The maximum atomic E-state index is 11.3. The van der Waals surface area contributed by atoms with E-state index in [0.29, 0.717) is 5.13 Å². The van der Waals surface area contributed by atoms with Crippen LogP contribution in [0, 0.1) is 0 Å². The normalized spacial score (nSPS) is 10.5. The monoisotopic (exact) mass is 242 g/mol. The predicted molar refractivity (Wildman–Crippen MR) is 65.7 cm³/mol. The molecule has 0 aliphatic heterocycles. The summed E-state index contributed by atoms with van der Waals surface area (Å²) < 4.78 is 4.18. The molecule has 0 aromatic carbocycles. The van der Waals surface area contributed by atoms with E-state index in [4.69, 9.17) is 0 Å². The Morgan fingerprint density at radius 1 is 1.50 bits per heavy atom. The van der Waals surface area contributed by atoms with Crippen LogP contribution in [0.1, 0.15) is 33.0 Å². The van der Waals surface area contributed by atoms with E-state index in [0.717, 1.165) is 18.7 Å². The second-order valence-corrected chi connectivity index (χ2v) is 4.59. The molecule has 0 atom stereocenters. The number of hydrogen-bond acceptors (Lipinski definition) is 5. The molecule has 1 rings (SSSR count). The van der Waals surface area contributed by atoms with Crippen molar-refractivity contribution in [1.82, 2.24) is 14.7 Å². The average Bonchev–Trinajstić information content (AvgIpc) is 2.62. The fourth-order valence-corrected chi connectivity index (χ4v) is 1.79. The summed E-state index contributed by atoms with van der Waals surface area (Å²) in [6.07, 6.45) is 1.92. The predicted octanol–water partition coefficient (Wildman–Crippen LogP) is 1.43. The largest absolute Gasteiger partial charge is 0.352 e. The molecule has 1 aromatic rings. The summed E-state index contributed by atoms with van der Waals surface area (Å²) in [4.78, 5) is 15.6. The number of nitrogens with one attached hydrogen (secondary N) is 2. The Balaban J connectivity index is 2.33. The van der Waals surface area contributed by atoms with E-state index in [1.807, 2.05) is 13.8 Å². The van der Waals surface area contributed by atoms with Gasteiger partial charge in [0, 0.05) is 24.0 Å². The molecule has 0 aliphatic carbocycles. The van der Waals surface area contributed by atoms with E-state index in [1.54, 1.807) is 0 Å². The van der Waals surface area contributed by atoms with Gasteiger partial charge < -0.3 is 10.6 Å². The van der Waals surface area contributed by atoms with Crippen LogP contribution in [0.3, 0.4) is 0 Å². The first kappa shape index (κ1) is 12.9. The van der Waals surface area contributed by atoms with Gasteiger partial charge in [-0.3, -0.25) is 4.79 Å². The fraction of sp³-hybridized carbons (Fsp3) is 0.700. The highest BCUT2D eigenvalue weighted by molar-refractivity contribution is 7.09. The Labute approximate surface area is 99.8 Å². The van der Waals surface area contributed by atoms with E-state index in [9.17, 15) is 4.79 Å². The molecule has 0 spiro atoms. The minimum absolute atomic E-state index is 0.0257. The van der Waals surface area contributed by atoms with E-state index in [-0.39, 0.29) is 18.5 Å². The summed E-state index contributed by atoms with van der Waals surface area (Å²) in [6, 6.07) is 0.166. The van der Waals surface area contributed by atoms with Crippen LogP contribution in [0.2, 0.25) is 0 Å². The molecule has 0 radical (unpaired) electrons. The number of aromatic nitrogens is 2. The molecular formula is C10H18N4OS. The molecule has 1 amide bonds. The second kappa shape index (κ2) is 6.42. The van der Waals surface area contributed by atoms with Crippen LogP contribution in [0.4, 0.5) is 5.13 Å².